The van der Waals surface area contributed by atoms with E-state index in [0.29, 0.717) is 36.2 Å². The maximum Gasteiger partial charge on any atom is 0.246 e. The van der Waals surface area contributed by atoms with Gasteiger partial charge in [0.05, 0.1) is 10.0 Å². The zero-order valence-electron chi connectivity index (χ0n) is 25.7. The average molecular weight is 686 g/mol. The molecular formula is C36H34Cl2N6O2S. The van der Waals surface area contributed by atoms with Crippen LogP contribution in [0.2, 0.25) is 10.0 Å². The number of anilines is 2. The molecule has 11 heteroatoms. The standard InChI is InChI=1S/C36H34Cl2N6O2S/c37-29-25-27(9-13-35(45)43-21-17-41(18-22-43)33-5-1-3-15-39-33)7-11-31(29)47-32-12-8-28(26-30(32)38)10-14-36(46)44-23-19-42(20-24-44)34-6-2-4-16-40-34/h1-16,25-26H,17-24H2/b13-9+,14-10+. The van der Waals surface area contributed by atoms with Crippen molar-refractivity contribution < 1.29 is 9.59 Å². The topological polar surface area (TPSA) is 72.9 Å². The van der Waals surface area contributed by atoms with Gasteiger partial charge in [0.2, 0.25) is 11.8 Å². The molecule has 240 valence electrons. The first-order valence-electron chi connectivity index (χ1n) is 15.5. The van der Waals surface area contributed by atoms with Gasteiger partial charge in [-0.15, -0.1) is 0 Å². The molecule has 2 saturated heterocycles. The largest absolute Gasteiger partial charge is 0.353 e. The number of amides is 2. The molecule has 2 aliphatic rings. The van der Waals surface area contributed by atoms with Gasteiger partial charge in [-0.2, -0.15) is 0 Å². The number of piperazine rings is 2. The Morgan fingerprint density at radius 2 is 1.02 bits per heavy atom. The van der Waals surface area contributed by atoms with Gasteiger partial charge in [0.1, 0.15) is 11.6 Å². The fraction of sp³-hybridized carbons (Fsp3) is 0.222. The molecule has 2 amide bonds. The van der Waals surface area contributed by atoms with Crippen LogP contribution in [0.25, 0.3) is 12.2 Å². The predicted octanol–water partition coefficient (Wildman–Crippen LogP) is 6.66. The Morgan fingerprint density at radius 1 is 0.596 bits per heavy atom. The SMILES string of the molecule is O=C(/C=C/c1ccc(Sc2ccc(/C=C/C(=O)N3CCN(c4ccccn4)CC3)cc2Cl)c(Cl)c1)N1CCN(c2ccccn2)CC1. The minimum atomic E-state index is -0.0222. The third kappa shape index (κ3) is 8.54. The molecule has 4 heterocycles. The molecule has 2 aliphatic heterocycles. The van der Waals surface area contributed by atoms with Crippen LogP contribution in [0.5, 0.6) is 0 Å². The van der Waals surface area contributed by atoms with E-state index < -0.39 is 0 Å². The van der Waals surface area contributed by atoms with E-state index in [4.69, 9.17) is 23.2 Å². The van der Waals surface area contributed by atoms with Gasteiger partial charge in [-0.05, 0) is 71.8 Å². The highest BCUT2D eigenvalue weighted by molar-refractivity contribution is 7.99. The molecule has 0 saturated carbocycles. The molecule has 0 unspecified atom stereocenters. The van der Waals surface area contributed by atoms with Crippen LogP contribution in [0.1, 0.15) is 11.1 Å². The van der Waals surface area contributed by atoms with Crippen molar-refractivity contribution in [3.05, 3.63) is 119 Å². The Hall–Kier alpha value is -4.31. The maximum atomic E-state index is 12.8. The van der Waals surface area contributed by atoms with Crippen LogP contribution >= 0.6 is 35.0 Å². The Morgan fingerprint density at radius 3 is 1.38 bits per heavy atom. The van der Waals surface area contributed by atoms with E-state index in [2.05, 4.69) is 19.8 Å². The second kappa shape index (κ2) is 15.5. The molecule has 0 N–H and O–H groups in total. The number of rotatable bonds is 8. The highest BCUT2D eigenvalue weighted by atomic mass is 35.5. The van der Waals surface area contributed by atoms with Crippen LogP contribution in [0.4, 0.5) is 11.6 Å². The van der Waals surface area contributed by atoms with Gasteiger partial charge >= 0.3 is 0 Å². The number of hydrogen-bond acceptors (Lipinski definition) is 7. The van der Waals surface area contributed by atoms with Crippen LogP contribution < -0.4 is 9.80 Å². The Balaban J connectivity index is 0.990. The van der Waals surface area contributed by atoms with Gasteiger partial charge in [0.15, 0.2) is 0 Å². The van der Waals surface area contributed by atoms with E-state index >= 15 is 0 Å². The second-order valence-electron chi connectivity index (χ2n) is 11.1. The van der Waals surface area contributed by atoms with Crippen molar-refractivity contribution in [3.63, 3.8) is 0 Å². The first kappa shape index (κ1) is 32.6. The number of nitrogens with zero attached hydrogens (tertiary/aromatic N) is 6. The van der Waals surface area contributed by atoms with Crippen molar-refractivity contribution in [3.8, 4) is 0 Å². The monoisotopic (exact) mass is 684 g/mol. The van der Waals surface area contributed by atoms with Crippen molar-refractivity contribution in [2.24, 2.45) is 0 Å². The van der Waals surface area contributed by atoms with Crippen molar-refractivity contribution in [1.82, 2.24) is 19.8 Å². The number of aromatic nitrogens is 2. The summed E-state index contributed by atoms with van der Waals surface area (Å²) in [5.74, 6) is 1.83. The smallest absolute Gasteiger partial charge is 0.246 e. The number of hydrogen-bond donors (Lipinski definition) is 0. The normalized spacial score (nSPS) is 15.5. The summed E-state index contributed by atoms with van der Waals surface area (Å²) >= 11 is 14.7. The summed E-state index contributed by atoms with van der Waals surface area (Å²) < 4.78 is 0. The van der Waals surface area contributed by atoms with Gasteiger partial charge in [-0.3, -0.25) is 9.59 Å². The van der Waals surface area contributed by atoms with E-state index in [0.717, 1.165) is 58.7 Å². The van der Waals surface area contributed by atoms with Crippen LogP contribution in [-0.4, -0.2) is 83.9 Å². The molecule has 2 aromatic carbocycles. The second-order valence-corrected chi connectivity index (χ2v) is 13.0. The summed E-state index contributed by atoms with van der Waals surface area (Å²) in [5, 5.41) is 1.14. The molecule has 2 fully saturated rings. The molecule has 4 aromatic rings. The van der Waals surface area contributed by atoms with Gasteiger partial charge in [0.25, 0.3) is 0 Å². The van der Waals surface area contributed by atoms with Gasteiger partial charge in [-0.25, -0.2) is 9.97 Å². The molecule has 0 atom stereocenters. The Labute approximate surface area is 289 Å². The minimum absolute atomic E-state index is 0.0222. The van der Waals surface area contributed by atoms with E-state index in [-0.39, 0.29) is 11.8 Å². The van der Waals surface area contributed by atoms with E-state index in [1.165, 1.54) is 11.8 Å². The molecule has 0 spiro atoms. The van der Waals surface area contributed by atoms with Gasteiger partial charge < -0.3 is 19.6 Å². The van der Waals surface area contributed by atoms with Crippen LogP contribution in [0.15, 0.2) is 107 Å². The van der Waals surface area contributed by atoms with Crippen molar-refractivity contribution in [1.29, 1.82) is 0 Å². The fourth-order valence-corrected chi connectivity index (χ4v) is 6.90. The van der Waals surface area contributed by atoms with Crippen molar-refractivity contribution >= 4 is 70.6 Å². The van der Waals surface area contributed by atoms with E-state index in [9.17, 15) is 9.59 Å². The lowest BCUT2D eigenvalue weighted by Crippen LogP contribution is -2.48. The summed E-state index contributed by atoms with van der Waals surface area (Å²) in [5.41, 5.74) is 1.68. The van der Waals surface area contributed by atoms with Crippen LogP contribution in [-0.2, 0) is 9.59 Å². The molecule has 0 aliphatic carbocycles. The molecule has 0 bridgehead atoms. The zero-order valence-corrected chi connectivity index (χ0v) is 28.0. The minimum Gasteiger partial charge on any atom is -0.353 e. The van der Waals surface area contributed by atoms with Crippen molar-refractivity contribution in [2.75, 3.05) is 62.2 Å². The van der Waals surface area contributed by atoms with Crippen LogP contribution in [0.3, 0.4) is 0 Å². The Kier molecular flexibility index (Phi) is 10.8. The molecule has 2 aromatic heterocycles. The number of pyridine rings is 2. The van der Waals surface area contributed by atoms with E-state index in [1.807, 2.05) is 82.6 Å². The zero-order chi connectivity index (χ0) is 32.6. The maximum absolute atomic E-state index is 12.8. The summed E-state index contributed by atoms with van der Waals surface area (Å²) in [6.45, 7) is 5.57. The number of carbonyl (C=O) groups excluding carboxylic acids is 2. The first-order chi connectivity index (χ1) is 22.9. The first-order valence-corrected chi connectivity index (χ1v) is 17.0. The van der Waals surface area contributed by atoms with Gasteiger partial charge in [0, 0.05) is 86.7 Å². The lowest BCUT2D eigenvalue weighted by Gasteiger charge is -2.34. The highest BCUT2D eigenvalue weighted by Crippen LogP contribution is 2.38. The van der Waals surface area contributed by atoms with Gasteiger partial charge in [-0.1, -0.05) is 59.2 Å². The summed E-state index contributed by atoms with van der Waals surface area (Å²) in [6, 6.07) is 23.1. The quantitative estimate of drug-likeness (QED) is 0.192. The number of benzene rings is 2. The molecule has 8 nitrogen and oxygen atoms in total. The lowest BCUT2D eigenvalue weighted by atomic mass is 10.2. The summed E-state index contributed by atoms with van der Waals surface area (Å²) in [4.78, 5) is 44.2. The average Bonchev–Trinajstić information content (AvgIpc) is 3.12. The molecular weight excluding hydrogens is 651 g/mol. The van der Waals surface area contributed by atoms with Crippen molar-refractivity contribution in [2.45, 2.75) is 9.79 Å². The highest BCUT2D eigenvalue weighted by Gasteiger charge is 2.21. The lowest BCUT2D eigenvalue weighted by molar-refractivity contribution is -0.127. The molecule has 0 radical (unpaired) electrons. The summed E-state index contributed by atoms with van der Waals surface area (Å²) in [6.07, 6.45) is 10.4. The van der Waals surface area contributed by atoms with Crippen LogP contribution in [0, 0.1) is 0 Å². The third-order valence-electron chi connectivity index (χ3n) is 8.10. The molecule has 6 rings (SSSR count). The fourth-order valence-electron chi connectivity index (χ4n) is 5.46. The predicted molar refractivity (Wildman–Crippen MR) is 191 cm³/mol. The Bertz CT molecular complexity index is 1630. The third-order valence-corrected chi connectivity index (χ3v) is 10.1. The van der Waals surface area contributed by atoms with E-state index in [1.54, 1.807) is 36.7 Å². The summed E-state index contributed by atoms with van der Waals surface area (Å²) in [7, 11) is 0. The molecule has 47 heavy (non-hydrogen) atoms. The number of halogens is 2. The number of carbonyl (C=O) groups is 2.